The van der Waals surface area contributed by atoms with Crippen LogP contribution in [-0.2, 0) is 0 Å². The minimum absolute atomic E-state index is 0.00864. The lowest BCUT2D eigenvalue weighted by Crippen LogP contribution is -1.76. The molecule has 0 bridgehead atoms. The van der Waals surface area contributed by atoms with Gasteiger partial charge in [-0.05, 0) is 95.4 Å². The summed E-state index contributed by atoms with van der Waals surface area (Å²) in [5, 5.41) is 2.77. The van der Waals surface area contributed by atoms with Crippen molar-refractivity contribution in [2.75, 3.05) is 0 Å². The van der Waals surface area contributed by atoms with Crippen molar-refractivity contribution < 1.29 is 0 Å². The molecule has 1 aromatic heterocycles. The molecular weight excluding hydrogens is 479 g/mol. The molecule has 130 valence electrons. The molecule has 0 saturated heterocycles. The molecule has 27 heavy (non-hydrogen) atoms. The van der Waals surface area contributed by atoms with Gasteiger partial charge in [-0.25, -0.2) is 0 Å². The maximum Gasteiger partial charge on any atom is 0.187 e. The van der Waals surface area contributed by atoms with Crippen LogP contribution in [0.15, 0.2) is 107 Å². The Morgan fingerprint density at radius 2 is 1.04 bits per heavy atom. The predicted octanol–water partition coefficient (Wildman–Crippen LogP) is 8.49. The van der Waals surface area contributed by atoms with E-state index in [1.165, 1.54) is 38.4 Å². The number of thiophene rings is 1. The maximum absolute atomic E-state index is 2.35. The van der Waals surface area contributed by atoms with E-state index in [1.807, 2.05) is 11.8 Å². The summed E-state index contributed by atoms with van der Waals surface area (Å²) in [6, 6.07) is 35.5. The van der Waals surface area contributed by atoms with Crippen molar-refractivity contribution in [3.8, 4) is 4.90 Å². The highest BCUT2D eigenvalue weighted by atomic mass is 127. The van der Waals surface area contributed by atoms with Gasteiger partial charge in [0.25, 0.3) is 0 Å². The Kier molecular flexibility index (Phi) is 4.68. The number of halogens is 1. The summed E-state index contributed by atoms with van der Waals surface area (Å²) in [7, 11) is -0.00864. The zero-order valence-electron chi connectivity index (χ0n) is 14.4. The summed E-state index contributed by atoms with van der Waals surface area (Å²) < 4.78 is 4.15. The van der Waals surface area contributed by atoms with Gasteiger partial charge < -0.3 is 0 Å². The minimum atomic E-state index is -0.00864. The van der Waals surface area contributed by atoms with Gasteiger partial charge in [-0.1, -0.05) is 36.0 Å². The van der Waals surface area contributed by atoms with Gasteiger partial charge in [0.05, 0.1) is 0 Å². The molecule has 3 heteroatoms. The second kappa shape index (κ2) is 7.30. The number of hydrogen-bond acceptors (Lipinski definition) is 1. The fraction of sp³-hybridized carbons (Fsp3) is 0. The van der Waals surface area contributed by atoms with Gasteiger partial charge in [0.15, 0.2) is 14.3 Å². The molecule has 4 aromatic carbocycles. The molecule has 0 amide bonds. The summed E-state index contributed by atoms with van der Waals surface area (Å²) in [6.07, 6.45) is 0. The van der Waals surface area contributed by atoms with E-state index in [9.17, 15) is 0 Å². The van der Waals surface area contributed by atoms with E-state index in [4.69, 9.17) is 0 Å². The third-order valence-corrected chi connectivity index (χ3v) is 8.68. The van der Waals surface area contributed by atoms with Crippen LogP contribution in [0.1, 0.15) is 0 Å². The fourth-order valence-corrected chi connectivity index (χ4v) is 6.94. The molecule has 0 aliphatic carbocycles. The molecular formula is C24H16IS2+. The highest BCUT2D eigenvalue weighted by Crippen LogP contribution is 2.48. The van der Waals surface area contributed by atoms with Gasteiger partial charge in [-0.2, -0.15) is 0 Å². The quantitative estimate of drug-likeness (QED) is 0.179. The number of fused-ring (bicyclic) bond motifs is 3. The Labute approximate surface area is 179 Å². The smallest absolute Gasteiger partial charge is 0.0901 e. The van der Waals surface area contributed by atoms with E-state index in [1.54, 1.807) is 0 Å². The van der Waals surface area contributed by atoms with Gasteiger partial charge in [0.1, 0.15) is 0 Å². The van der Waals surface area contributed by atoms with Crippen molar-refractivity contribution >= 4 is 65.0 Å². The Bertz CT molecular complexity index is 1180. The maximum atomic E-state index is 2.35. The second-order valence-corrected chi connectivity index (χ2v) is 10.7. The second-order valence-electron chi connectivity index (χ2n) is 6.33. The number of rotatable bonds is 3. The van der Waals surface area contributed by atoms with Gasteiger partial charge in [-0.3, -0.25) is 0 Å². The first-order valence-electron chi connectivity index (χ1n) is 8.76. The summed E-state index contributed by atoms with van der Waals surface area (Å²) in [5.41, 5.74) is 0. The first-order chi connectivity index (χ1) is 13.3. The van der Waals surface area contributed by atoms with Gasteiger partial charge in [0, 0.05) is 34.6 Å². The van der Waals surface area contributed by atoms with Crippen LogP contribution in [0.2, 0.25) is 0 Å². The van der Waals surface area contributed by atoms with Gasteiger partial charge in [-0.15, -0.1) is 0 Å². The van der Waals surface area contributed by atoms with Crippen LogP contribution in [0.4, 0.5) is 0 Å². The summed E-state index contributed by atoms with van der Waals surface area (Å²) in [6.45, 7) is 0. The van der Waals surface area contributed by atoms with Crippen molar-refractivity contribution in [2.45, 2.75) is 9.79 Å². The molecule has 1 heterocycles. The molecule has 0 radical (unpaired) electrons. The van der Waals surface area contributed by atoms with Crippen LogP contribution >= 0.6 is 44.8 Å². The van der Waals surface area contributed by atoms with Crippen molar-refractivity contribution in [1.29, 1.82) is 0 Å². The molecule has 0 aliphatic heterocycles. The molecule has 0 spiro atoms. The van der Waals surface area contributed by atoms with Gasteiger partial charge in [0.2, 0.25) is 0 Å². The van der Waals surface area contributed by atoms with E-state index in [2.05, 4.69) is 120 Å². The predicted molar refractivity (Wildman–Crippen MR) is 129 cm³/mol. The number of hydrogen-bond donors (Lipinski definition) is 0. The highest BCUT2D eigenvalue weighted by Gasteiger charge is 2.22. The molecule has 0 N–H and O–H groups in total. The Balaban J connectivity index is 1.57. The van der Waals surface area contributed by atoms with Crippen LogP contribution < -0.4 is 0 Å². The van der Waals surface area contributed by atoms with Crippen molar-refractivity contribution in [3.63, 3.8) is 0 Å². The zero-order valence-corrected chi connectivity index (χ0v) is 18.2. The lowest BCUT2D eigenvalue weighted by atomic mass is 10.2. The van der Waals surface area contributed by atoms with E-state index in [-0.39, 0.29) is 10.5 Å². The summed E-state index contributed by atoms with van der Waals surface area (Å²) in [4.78, 5) is 3.95. The van der Waals surface area contributed by atoms with E-state index in [0.717, 1.165) is 0 Å². The monoisotopic (exact) mass is 495 g/mol. The molecule has 0 nitrogen and oxygen atoms in total. The minimum Gasteiger partial charge on any atom is -0.0901 e. The Morgan fingerprint density at radius 1 is 0.556 bits per heavy atom. The highest BCUT2D eigenvalue weighted by molar-refractivity contribution is 14.1. The average Bonchev–Trinajstić information content (AvgIpc) is 3.05. The molecule has 0 atom stereocenters. The van der Waals surface area contributed by atoms with Crippen LogP contribution in [0.5, 0.6) is 0 Å². The van der Waals surface area contributed by atoms with E-state index >= 15 is 0 Å². The third kappa shape index (κ3) is 3.28. The van der Waals surface area contributed by atoms with Crippen molar-refractivity contribution in [3.05, 3.63) is 101 Å². The summed E-state index contributed by atoms with van der Waals surface area (Å²) >= 11 is 4.16. The largest absolute Gasteiger partial charge is 0.187 e. The van der Waals surface area contributed by atoms with Crippen molar-refractivity contribution in [2.24, 2.45) is 0 Å². The Morgan fingerprint density at radius 3 is 1.59 bits per heavy atom. The van der Waals surface area contributed by atoms with Crippen LogP contribution in [-0.4, -0.2) is 0 Å². The molecule has 0 unspecified atom stereocenters. The lowest BCUT2D eigenvalue weighted by Gasteiger charge is -2.02. The van der Waals surface area contributed by atoms with Crippen LogP contribution in [0.3, 0.4) is 0 Å². The Hall–Kier alpha value is -1.82. The average molecular weight is 495 g/mol. The third-order valence-electron chi connectivity index (χ3n) is 4.61. The topological polar surface area (TPSA) is 0 Å². The van der Waals surface area contributed by atoms with Crippen molar-refractivity contribution in [1.82, 2.24) is 0 Å². The summed E-state index contributed by atoms with van der Waals surface area (Å²) in [5.74, 6) is 0. The van der Waals surface area contributed by atoms with E-state index < -0.39 is 0 Å². The first-order valence-corrected chi connectivity index (χ1v) is 11.9. The zero-order chi connectivity index (χ0) is 18.2. The van der Waals surface area contributed by atoms with E-state index in [0.29, 0.717) is 0 Å². The molecule has 5 rings (SSSR count). The van der Waals surface area contributed by atoms with Gasteiger partial charge >= 0.3 is 0 Å². The molecule has 0 fully saturated rings. The standard InChI is InChI=1S/C24H16IS2/c25-17-9-11-18(12-10-17)26-19-13-15-20(16-14-19)27-23-7-3-1-5-21(23)22-6-2-4-8-24(22)27/h1-16H/q+1. The normalized spacial score (nSPS) is 11.3. The molecule has 5 aromatic rings. The molecule has 0 saturated carbocycles. The number of benzene rings is 4. The van der Waals surface area contributed by atoms with Crippen LogP contribution in [0.25, 0.3) is 25.1 Å². The molecule has 0 aliphatic rings. The fourth-order valence-electron chi connectivity index (χ4n) is 3.39. The SMILES string of the molecule is Ic1ccc(Sc2ccc(-[s+]3c4ccccc4c4ccccc43)cc2)cc1. The first kappa shape index (κ1) is 17.3. The lowest BCUT2D eigenvalue weighted by molar-refractivity contribution is 1.40. The van der Waals surface area contributed by atoms with Crippen LogP contribution in [0, 0.1) is 3.57 Å².